The Morgan fingerprint density at radius 1 is 1.46 bits per heavy atom. The Bertz CT molecular complexity index is 784. The first kappa shape index (κ1) is 16.7. The average Bonchev–Trinajstić information content (AvgIpc) is 3.09. The lowest BCUT2D eigenvalue weighted by molar-refractivity contribution is -0.0846. The van der Waals surface area contributed by atoms with E-state index in [1.807, 2.05) is 19.9 Å². The molecule has 1 aliphatic rings. The van der Waals surface area contributed by atoms with E-state index in [0.29, 0.717) is 16.9 Å². The van der Waals surface area contributed by atoms with E-state index in [0.717, 1.165) is 0 Å². The lowest BCUT2D eigenvalue weighted by Gasteiger charge is -2.24. The number of aromatic nitrogens is 2. The van der Waals surface area contributed by atoms with E-state index in [1.54, 1.807) is 18.2 Å². The molecule has 8 heteroatoms. The fourth-order valence-corrected chi connectivity index (χ4v) is 2.92. The van der Waals surface area contributed by atoms with Crippen LogP contribution < -0.4 is 5.73 Å². The number of aliphatic hydroxyl groups is 2. The highest BCUT2D eigenvalue weighted by atomic mass is 16.6. The predicted octanol–water partition coefficient (Wildman–Crippen LogP) is 0.181. The smallest absolute Gasteiger partial charge is 0.225 e. The van der Waals surface area contributed by atoms with Gasteiger partial charge >= 0.3 is 0 Å². The number of hydrogen-bond acceptors (Lipinski definition) is 7. The normalized spacial score (nSPS) is 30.1. The van der Waals surface area contributed by atoms with Gasteiger partial charge in [0.15, 0.2) is 0 Å². The highest BCUT2D eigenvalue weighted by Crippen LogP contribution is 2.40. The number of ether oxygens (including phenoxy) is 2. The number of hydrogen-bond donors (Lipinski definition) is 3. The molecule has 2 aromatic rings. The van der Waals surface area contributed by atoms with Crippen molar-refractivity contribution in [1.82, 2.24) is 9.61 Å². The van der Waals surface area contributed by atoms with Gasteiger partial charge in [-0.2, -0.15) is 10.4 Å². The second kappa shape index (κ2) is 6.03. The molecule has 0 spiro atoms. The van der Waals surface area contributed by atoms with E-state index in [1.165, 1.54) is 10.7 Å². The van der Waals surface area contributed by atoms with Crippen molar-refractivity contribution in [3.63, 3.8) is 0 Å². The quantitative estimate of drug-likeness (QED) is 0.729. The van der Waals surface area contributed by atoms with Crippen LogP contribution >= 0.6 is 0 Å². The number of nitrogens with two attached hydrogens (primary N) is 1. The molecule has 0 bridgehead atoms. The van der Waals surface area contributed by atoms with Gasteiger partial charge in [0.05, 0.1) is 29.6 Å². The van der Waals surface area contributed by atoms with Crippen LogP contribution in [-0.4, -0.2) is 50.8 Å². The maximum atomic E-state index is 10.5. The zero-order valence-corrected chi connectivity index (χ0v) is 13.5. The minimum Gasteiger partial charge on any atom is -0.397 e. The highest BCUT2D eigenvalue weighted by Gasteiger charge is 2.57. The SMILES string of the molecule is CC(C)OC[C@H]1O[C@@](C#N)(c2ccc3c(N)ccnn23)[C@H](O)[C@@H]1O. The minimum absolute atomic E-state index is 0.0642. The average molecular weight is 332 g/mol. The number of fused-ring (bicyclic) bond motifs is 1. The van der Waals surface area contributed by atoms with Gasteiger partial charge < -0.3 is 25.4 Å². The van der Waals surface area contributed by atoms with E-state index in [9.17, 15) is 15.5 Å². The summed E-state index contributed by atoms with van der Waals surface area (Å²) < 4.78 is 12.7. The molecule has 1 fully saturated rings. The van der Waals surface area contributed by atoms with Crippen LogP contribution in [0.1, 0.15) is 19.5 Å². The van der Waals surface area contributed by atoms with Crippen molar-refractivity contribution in [2.45, 2.75) is 43.9 Å². The number of nitrogens with zero attached hydrogens (tertiary/aromatic N) is 3. The van der Waals surface area contributed by atoms with Gasteiger partial charge in [-0.25, -0.2) is 4.52 Å². The molecule has 2 aromatic heterocycles. The molecule has 8 nitrogen and oxygen atoms in total. The van der Waals surface area contributed by atoms with Gasteiger partial charge in [-0.15, -0.1) is 0 Å². The van der Waals surface area contributed by atoms with Crippen LogP contribution in [0.15, 0.2) is 24.4 Å². The summed E-state index contributed by atoms with van der Waals surface area (Å²) in [5.41, 5.74) is 5.54. The van der Waals surface area contributed by atoms with Gasteiger partial charge in [-0.3, -0.25) is 0 Å². The van der Waals surface area contributed by atoms with E-state index < -0.39 is 23.9 Å². The zero-order valence-electron chi connectivity index (χ0n) is 13.5. The molecule has 0 amide bonds. The summed E-state index contributed by atoms with van der Waals surface area (Å²) in [4.78, 5) is 0. The summed E-state index contributed by atoms with van der Waals surface area (Å²) in [6, 6.07) is 6.94. The molecule has 128 valence electrons. The van der Waals surface area contributed by atoms with Gasteiger partial charge in [0, 0.05) is 6.20 Å². The monoisotopic (exact) mass is 332 g/mol. The third kappa shape index (κ3) is 2.42. The topological polar surface area (TPSA) is 126 Å². The molecular formula is C16H20N4O4. The molecule has 0 aliphatic carbocycles. The van der Waals surface area contributed by atoms with Crippen molar-refractivity contribution in [3.05, 3.63) is 30.1 Å². The van der Waals surface area contributed by atoms with Gasteiger partial charge in [0.1, 0.15) is 24.4 Å². The van der Waals surface area contributed by atoms with Crippen molar-refractivity contribution in [2.24, 2.45) is 0 Å². The van der Waals surface area contributed by atoms with Gasteiger partial charge in [-0.1, -0.05) is 0 Å². The van der Waals surface area contributed by atoms with E-state index in [2.05, 4.69) is 5.10 Å². The molecule has 0 saturated carbocycles. The summed E-state index contributed by atoms with van der Waals surface area (Å²) in [5, 5.41) is 34.7. The third-order valence-electron chi connectivity index (χ3n) is 4.19. The molecule has 0 unspecified atom stereocenters. The van der Waals surface area contributed by atoms with Crippen LogP contribution in [0.5, 0.6) is 0 Å². The summed E-state index contributed by atoms with van der Waals surface area (Å²) in [6.45, 7) is 3.77. The van der Waals surface area contributed by atoms with E-state index in [-0.39, 0.29) is 12.7 Å². The molecular weight excluding hydrogens is 312 g/mol. The Morgan fingerprint density at radius 2 is 2.21 bits per heavy atom. The minimum atomic E-state index is -1.75. The highest BCUT2D eigenvalue weighted by molar-refractivity contribution is 5.69. The third-order valence-corrected chi connectivity index (χ3v) is 4.19. The molecule has 1 aliphatic heterocycles. The lowest BCUT2D eigenvalue weighted by Crippen LogP contribution is -2.41. The van der Waals surface area contributed by atoms with E-state index in [4.69, 9.17) is 15.2 Å². The molecule has 0 aromatic carbocycles. The Morgan fingerprint density at radius 3 is 2.88 bits per heavy atom. The molecule has 4 atom stereocenters. The molecule has 24 heavy (non-hydrogen) atoms. The fourth-order valence-electron chi connectivity index (χ4n) is 2.92. The van der Waals surface area contributed by atoms with Crippen molar-refractivity contribution in [1.29, 1.82) is 5.26 Å². The maximum Gasteiger partial charge on any atom is 0.225 e. The van der Waals surface area contributed by atoms with Crippen LogP contribution in [0, 0.1) is 11.3 Å². The Hall–Kier alpha value is -2.18. The maximum absolute atomic E-state index is 10.5. The van der Waals surface area contributed by atoms with Crippen molar-refractivity contribution >= 4 is 11.2 Å². The summed E-state index contributed by atoms with van der Waals surface area (Å²) in [7, 11) is 0. The number of rotatable bonds is 4. The lowest BCUT2D eigenvalue weighted by atomic mass is 9.92. The van der Waals surface area contributed by atoms with Gasteiger partial charge in [-0.05, 0) is 32.0 Å². The van der Waals surface area contributed by atoms with Crippen LogP contribution in [0.4, 0.5) is 5.69 Å². The first-order valence-corrected chi connectivity index (χ1v) is 7.70. The predicted molar refractivity (Wildman–Crippen MR) is 84.9 cm³/mol. The molecule has 4 N–H and O–H groups in total. The summed E-state index contributed by atoms with van der Waals surface area (Å²) >= 11 is 0. The summed E-state index contributed by atoms with van der Waals surface area (Å²) in [5.74, 6) is 0. The second-order valence-electron chi connectivity index (χ2n) is 6.12. The Balaban J connectivity index is 2.03. The van der Waals surface area contributed by atoms with Crippen LogP contribution in [-0.2, 0) is 15.1 Å². The number of nitrogen functional groups attached to an aromatic ring is 1. The standard InChI is InChI=1S/C16H20N4O4/c1-9(2)23-7-12-14(21)15(22)16(8-17,24-12)13-4-3-11-10(18)5-6-19-20(11)13/h3-6,9,12,14-15,21-22H,7,18H2,1-2H3/t12-,14-,15-,16+/m1/s1. The zero-order chi connectivity index (χ0) is 17.5. The Labute approximate surface area is 139 Å². The molecule has 3 heterocycles. The largest absolute Gasteiger partial charge is 0.397 e. The van der Waals surface area contributed by atoms with Crippen molar-refractivity contribution in [2.75, 3.05) is 12.3 Å². The molecule has 1 saturated heterocycles. The van der Waals surface area contributed by atoms with E-state index >= 15 is 0 Å². The number of anilines is 1. The first-order valence-electron chi connectivity index (χ1n) is 7.70. The Kier molecular flexibility index (Phi) is 4.19. The first-order chi connectivity index (χ1) is 11.4. The van der Waals surface area contributed by atoms with Crippen molar-refractivity contribution in [3.8, 4) is 6.07 Å². The van der Waals surface area contributed by atoms with Crippen LogP contribution in [0.2, 0.25) is 0 Å². The van der Waals surface area contributed by atoms with Crippen LogP contribution in [0.3, 0.4) is 0 Å². The molecule has 0 radical (unpaired) electrons. The number of nitriles is 1. The van der Waals surface area contributed by atoms with Gasteiger partial charge in [0.2, 0.25) is 5.60 Å². The molecule has 3 rings (SSSR count). The van der Waals surface area contributed by atoms with Gasteiger partial charge in [0.25, 0.3) is 0 Å². The van der Waals surface area contributed by atoms with Crippen molar-refractivity contribution < 1.29 is 19.7 Å². The summed E-state index contributed by atoms with van der Waals surface area (Å²) in [6.07, 6.45) is -2.09. The van der Waals surface area contributed by atoms with Crippen LogP contribution in [0.25, 0.3) is 5.52 Å². The second-order valence-corrected chi connectivity index (χ2v) is 6.12. The fraction of sp³-hybridized carbons (Fsp3) is 0.500. The number of aliphatic hydroxyl groups excluding tert-OH is 2.